The number of morpholine rings is 1. The van der Waals surface area contributed by atoms with Gasteiger partial charge >= 0.3 is 0 Å². The molecule has 2 aromatic rings. The molecule has 8 heteroatoms. The fourth-order valence-corrected chi connectivity index (χ4v) is 2.95. The van der Waals surface area contributed by atoms with Crippen LogP contribution in [0.3, 0.4) is 0 Å². The Morgan fingerprint density at radius 2 is 2.00 bits per heavy atom. The summed E-state index contributed by atoms with van der Waals surface area (Å²) in [5.74, 6) is 1.31. The fraction of sp³-hybridized carbons (Fsp3) is 0.444. The summed E-state index contributed by atoms with van der Waals surface area (Å²) in [6, 6.07) is 7.08. The van der Waals surface area contributed by atoms with E-state index in [1.165, 1.54) is 0 Å². The number of nitrogens with one attached hydrogen (secondary N) is 1. The molecule has 2 amide bonds. The zero-order chi connectivity index (χ0) is 18.1. The number of hydrogen-bond donors (Lipinski definition) is 1. The molecule has 0 spiro atoms. The maximum absolute atomic E-state index is 12.7. The van der Waals surface area contributed by atoms with Crippen molar-refractivity contribution >= 4 is 11.8 Å². The van der Waals surface area contributed by atoms with Gasteiger partial charge in [-0.05, 0) is 37.1 Å². The molecule has 1 aromatic heterocycles. The van der Waals surface area contributed by atoms with E-state index in [4.69, 9.17) is 9.26 Å². The Kier molecular flexibility index (Phi) is 4.42. The Bertz CT molecular complexity index is 813. The maximum atomic E-state index is 12.7. The number of ether oxygens (including phenoxy) is 1. The molecule has 1 aromatic carbocycles. The van der Waals surface area contributed by atoms with Crippen LogP contribution < -0.4 is 5.32 Å². The van der Waals surface area contributed by atoms with E-state index >= 15 is 0 Å². The van der Waals surface area contributed by atoms with Crippen LogP contribution in [0.5, 0.6) is 0 Å². The number of nitrogens with zero attached hydrogens (tertiary/aromatic N) is 3. The number of hydrogen-bond acceptors (Lipinski definition) is 6. The van der Waals surface area contributed by atoms with E-state index in [9.17, 15) is 9.59 Å². The molecular weight excluding hydrogens is 336 g/mol. The molecule has 136 valence electrons. The minimum atomic E-state index is -0.629. The maximum Gasteiger partial charge on any atom is 0.257 e. The second-order valence-electron chi connectivity index (χ2n) is 6.53. The molecule has 26 heavy (non-hydrogen) atoms. The van der Waals surface area contributed by atoms with Gasteiger partial charge in [0.1, 0.15) is 0 Å². The van der Waals surface area contributed by atoms with E-state index in [-0.39, 0.29) is 18.4 Å². The van der Waals surface area contributed by atoms with Crippen LogP contribution in [-0.4, -0.2) is 59.7 Å². The lowest BCUT2D eigenvalue weighted by Crippen LogP contribution is -2.51. The van der Waals surface area contributed by atoms with Crippen LogP contribution in [0, 0.1) is 0 Å². The van der Waals surface area contributed by atoms with E-state index < -0.39 is 6.10 Å². The van der Waals surface area contributed by atoms with Gasteiger partial charge < -0.3 is 19.5 Å². The minimum Gasteiger partial charge on any atom is -0.365 e. The SMILES string of the molecule is CNC(=O)C1CN(C(=O)c2ccc(-c3nc(C4CC4)no3)cc2)CCO1. The zero-order valence-corrected chi connectivity index (χ0v) is 14.5. The molecule has 1 saturated carbocycles. The molecule has 0 radical (unpaired) electrons. The Morgan fingerprint density at radius 3 is 2.69 bits per heavy atom. The van der Waals surface area contributed by atoms with Crippen LogP contribution in [-0.2, 0) is 9.53 Å². The third kappa shape index (κ3) is 3.32. The largest absolute Gasteiger partial charge is 0.365 e. The van der Waals surface area contributed by atoms with Gasteiger partial charge in [0, 0.05) is 30.6 Å². The summed E-state index contributed by atoms with van der Waals surface area (Å²) >= 11 is 0. The molecule has 0 bridgehead atoms. The van der Waals surface area contributed by atoms with Crippen LogP contribution in [0.4, 0.5) is 0 Å². The van der Waals surface area contributed by atoms with Crippen LogP contribution in [0.25, 0.3) is 11.5 Å². The lowest BCUT2D eigenvalue weighted by atomic mass is 10.1. The van der Waals surface area contributed by atoms with Gasteiger partial charge in [-0.15, -0.1) is 0 Å². The lowest BCUT2D eigenvalue weighted by Gasteiger charge is -2.32. The summed E-state index contributed by atoms with van der Waals surface area (Å²) in [6.45, 7) is 1.05. The smallest absolute Gasteiger partial charge is 0.257 e. The quantitative estimate of drug-likeness (QED) is 0.884. The van der Waals surface area contributed by atoms with Crippen molar-refractivity contribution in [3.05, 3.63) is 35.7 Å². The van der Waals surface area contributed by atoms with Crippen molar-refractivity contribution in [2.75, 3.05) is 26.7 Å². The van der Waals surface area contributed by atoms with Gasteiger partial charge in [-0.25, -0.2) is 0 Å². The van der Waals surface area contributed by atoms with Gasteiger partial charge in [-0.3, -0.25) is 9.59 Å². The van der Waals surface area contributed by atoms with Gasteiger partial charge in [0.05, 0.1) is 13.2 Å². The fourth-order valence-electron chi connectivity index (χ4n) is 2.95. The van der Waals surface area contributed by atoms with E-state index in [1.807, 2.05) is 0 Å². The predicted octanol–water partition coefficient (Wildman–Crippen LogP) is 1.20. The number of carbonyl (C=O) groups is 2. The Hall–Kier alpha value is -2.74. The van der Waals surface area contributed by atoms with Crippen LogP contribution in [0.2, 0.25) is 0 Å². The summed E-state index contributed by atoms with van der Waals surface area (Å²) in [5, 5.41) is 6.55. The molecule has 4 rings (SSSR count). The molecule has 1 N–H and O–H groups in total. The highest BCUT2D eigenvalue weighted by molar-refractivity contribution is 5.95. The molecule has 1 aliphatic heterocycles. The van der Waals surface area contributed by atoms with Gasteiger partial charge in [0.2, 0.25) is 0 Å². The highest BCUT2D eigenvalue weighted by atomic mass is 16.5. The number of rotatable bonds is 4. The second kappa shape index (κ2) is 6.87. The lowest BCUT2D eigenvalue weighted by molar-refractivity contribution is -0.136. The number of aromatic nitrogens is 2. The third-order valence-corrected chi connectivity index (χ3v) is 4.66. The highest BCUT2D eigenvalue weighted by Gasteiger charge is 2.30. The van der Waals surface area contributed by atoms with Crippen molar-refractivity contribution in [3.8, 4) is 11.5 Å². The van der Waals surface area contributed by atoms with Crippen molar-refractivity contribution in [2.24, 2.45) is 0 Å². The summed E-state index contributed by atoms with van der Waals surface area (Å²) in [5.41, 5.74) is 1.33. The van der Waals surface area contributed by atoms with Crippen molar-refractivity contribution in [3.63, 3.8) is 0 Å². The van der Waals surface area contributed by atoms with Gasteiger partial charge in [-0.1, -0.05) is 5.16 Å². The average molecular weight is 356 g/mol. The summed E-state index contributed by atoms with van der Waals surface area (Å²) < 4.78 is 10.7. The first-order valence-corrected chi connectivity index (χ1v) is 8.72. The molecule has 1 saturated heterocycles. The molecule has 1 aliphatic carbocycles. The molecule has 1 unspecified atom stereocenters. The minimum absolute atomic E-state index is 0.127. The Balaban J connectivity index is 1.45. The third-order valence-electron chi connectivity index (χ3n) is 4.66. The summed E-state index contributed by atoms with van der Waals surface area (Å²) in [7, 11) is 1.55. The number of amides is 2. The standard InChI is InChI=1S/C18H20N4O4/c1-19-16(23)14-10-22(8-9-25-14)18(24)13-6-4-12(5-7-13)17-20-15(21-26-17)11-2-3-11/h4-7,11,14H,2-3,8-10H2,1H3,(H,19,23). The van der Waals surface area contributed by atoms with Crippen molar-refractivity contribution in [1.82, 2.24) is 20.4 Å². The van der Waals surface area contributed by atoms with Crippen LogP contribution in [0.1, 0.15) is 34.9 Å². The van der Waals surface area contributed by atoms with Gasteiger partial charge in [0.25, 0.3) is 17.7 Å². The number of likely N-dealkylation sites (N-methyl/N-ethyl adjacent to an activating group) is 1. The average Bonchev–Trinajstić information content (AvgIpc) is 3.44. The molecular formula is C18H20N4O4. The van der Waals surface area contributed by atoms with Crippen molar-refractivity contribution < 1.29 is 18.8 Å². The van der Waals surface area contributed by atoms with Crippen molar-refractivity contribution in [2.45, 2.75) is 24.9 Å². The van der Waals surface area contributed by atoms with Gasteiger partial charge in [-0.2, -0.15) is 4.98 Å². The molecule has 2 fully saturated rings. The first-order chi connectivity index (χ1) is 12.7. The highest BCUT2D eigenvalue weighted by Crippen LogP contribution is 2.38. The summed E-state index contributed by atoms with van der Waals surface area (Å²) in [6.07, 6.45) is 1.60. The zero-order valence-electron chi connectivity index (χ0n) is 14.5. The Labute approximate surface area is 150 Å². The molecule has 2 heterocycles. The number of carbonyl (C=O) groups excluding carboxylic acids is 2. The topological polar surface area (TPSA) is 97.6 Å². The van der Waals surface area contributed by atoms with Crippen LogP contribution >= 0.6 is 0 Å². The van der Waals surface area contributed by atoms with Crippen molar-refractivity contribution in [1.29, 1.82) is 0 Å². The summed E-state index contributed by atoms with van der Waals surface area (Å²) in [4.78, 5) is 30.5. The van der Waals surface area contributed by atoms with E-state index in [1.54, 1.807) is 36.2 Å². The second-order valence-corrected chi connectivity index (χ2v) is 6.53. The predicted molar refractivity (Wildman–Crippen MR) is 91.4 cm³/mol. The molecule has 2 aliphatic rings. The Morgan fingerprint density at radius 1 is 1.23 bits per heavy atom. The first-order valence-electron chi connectivity index (χ1n) is 8.72. The monoisotopic (exact) mass is 356 g/mol. The molecule has 1 atom stereocenters. The van der Waals surface area contributed by atoms with Crippen LogP contribution in [0.15, 0.2) is 28.8 Å². The van der Waals surface area contributed by atoms with Gasteiger partial charge in [0.15, 0.2) is 11.9 Å². The molecule has 8 nitrogen and oxygen atoms in total. The normalized spacial score (nSPS) is 20.0. The van der Waals surface area contributed by atoms with E-state index in [0.29, 0.717) is 30.5 Å². The first kappa shape index (κ1) is 16.7. The van der Waals surface area contributed by atoms with E-state index in [2.05, 4.69) is 15.5 Å². The van der Waals surface area contributed by atoms with E-state index in [0.717, 1.165) is 24.2 Å². The number of benzene rings is 1.